The summed E-state index contributed by atoms with van der Waals surface area (Å²) < 4.78 is 0. The van der Waals surface area contributed by atoms with Crippen molar-refractivity contribution in [3.63, 3.8) is 0 Å². The maximum Gasteiger partial charge on any atom is 0.0974 e. The number of hydrogen-bond acceptors (Lipinski definition) is 2. The van der Waals surface area contributed by atoms with Gasteiger partial charge in [-0.05, 0) is 54.7 Å². The Morgan fingerprint density at radius 2 is 1.34 bits per heavy atom. The summed E-state index contributed by atoms with van der Waals surface area (Å²) in [4.78, 5) is 9.86. The van der Waals surface area contributed by atoms with Crippen LogP contribution in [-0.2, 0) is 0 Å². The molecule has 2 aromatic carbocycles. The Kier molecular flexibility index (Phi) is 4.33. The number of hydrogen-bond donors (Lipinski definition) is 0. The number of fused-ring (bicyclic) bond motifs is 3. The van der Waals surface area contributed by atoms with E-state index in [4.69, 9.17) is 9.97 Å². The molecule has 0 spiro atoms. The number of benzene rings is 2. The van der Waals surface area contributed by atoms with Crippen molar-refractivity contribution in [3.8, 4) is 11.1 Å². The van der Waals surface area contributed by atoms with Gasteiger partial charge in [0.05, 0.1) is 11.0 Å². The van der Waals surface area contributed by atoms with E-state index in [1.807, 2.05) is 0 Å². The third-order valence-corrected chi connectivity index (χ3v) is 5.44. The molecular weight excluding hydrogens is 352 g/mol. The van der Waals surface area contributed by atoms with Crippen molar-refractivity contribution in [2.75, 3.05) is 0 Å². The third kappa shape index (κ3) is 3.17. The van der Waals surface area contributed by atoms with Crippen LogP contribution >= 0.6 is 0 Å². The van der Waals surface area contributed by atoms with Crippen LogP contribution < -0.4 is 0 Å². The van der Waals surface area contributed by atoms with Gasteiger partial charge >= 0.3 is 0 Å². The largest absolute Gasteiger partial charge is 0.251 e. The molecule has 2 heteroatoms. The molecule has 1 aliphatic carbocycles. The van der Waals surface area contributed by atoms with E-state index in [9.17, 15) is 0 Å². The molecule has 29 heavy (non-hydrogen) atoms. The van der Waals surface area contributed by atoms with Crippen molar-refractivity contribution in [3.05, 3.63) is 102 Å². The summed E-state index contributed by atoms with van der Waals surface area (Å²) in [6.45, 7) is 4.13. The molecule has 5 rings (SSSR count). The van der Waals surface area contributed by atoms with E-state index in [0.29, 0.717) is 0 Å². The van der Waals surface area contributed by atoms with Gasteiger partial charge < -0.3 is 0 Å². The topological polar surface area (TPSA) is 25.8 Å². The van der Waals surface area contributed by atoms with E-state index in [2.05, 4.69) is 98.8 Å². The number of pyridine rings is 2. The van der Waals surface area contributed by atoms with Gasteiger partial charge in [0, 0.05) is 22.2 Å². The van der Waals surface area contributed by atoms with Gasteiger partial charge in [-0.2, -0.15) is 0 Å². The standard InChI is InChI=1S/C27H22N2/c1-18-16-24(20-10-6-3-4-7-11-20)22-14-15-23-25(21-12-8-5-9-13-21)17-19(2)29-27(23)26(22)28-18/h3-10,12-17H,11H2,1-2H3. The highest BCUT2D eigenvalue weighted by atomic mass is 14.8. The molecule has 0 fully saturated rings. The number of nitrogens with zero attached hydrogens (tertiary/aromatic N) is 2. The van der Waals surface area contributed by atoms with Crippen LogP contribution in [0.3, 0.4) is 0 Å². The van der Waals surface area contributed by atoms with E-state index >= 15 is 0 Å². The predicted octanol–water partition coefficient (Wildman–Crippen LogP) is 6.97. The maximum atomic E-state index is 4.93. The summed E-state index contributed by atoms with van der Waals surface area (Å²) in [5.41, 5.74) is 8.95. The van der Waals surface area contributed by atoms with Crippen molar-refractivity contribution in [1.82, 2.24) is 9.97 Å². The average Bonchev–Trinajstić information content (AvgIpc) is 3.03. The van der Waals surface area contributed by atoms with Crippen LogP contribution in [0.25, 0.3) is 38.5 Å². The zero-order valence-corrected chi connectivity index (χ0v) is 16.7. The van der Waals surface area contributed by atoms with Crippen LogP contribution in [-0.4, -0.2) is 9.97 Å². The molecule has 0 N–H and O–H groups in total. The Bertz CT molecular complexity index is 1330. The number of allylic oxidation sites excluding steroid dienone is 6. The van der Waals surface area contributed by atoms with E-state index in [1.54, 1.807) is 0 Å². The van der Waals surface area contributed by atoms with E-state index in [0.717, 1.165) is 39.6 Å². The first-order valence-electron chi connectivity index (χ1n) is 10.0. The summed E-state index contributed by atoms with van der Waals surface area (Å²) in [5.74, 6) is 0. The lowest BCUT2D eigenvalue weighted by Crippen LogP contribution is -1.96. The molecular formula is C27H22N2. The normalized spacial score (nSPS) is 13.7. The summed E-state index contributed by atoms with van der Waals surface area (Å²) in [6, 6.07) is 19.3. The molecule has 0 aliphatic heterocycles. The van der Waals surface area contributed by atoms with E-state index < -0.39 is 0 Å². The lowest BCUT2D eigenvalue weighted by atomic mass is 9.94. The quantitative estimate of drug-likeness (QED) is 0.354. The first kappa shape index (κ1) is 17.6. The zero-order chi connectivity index (χ0) is 19.8. The van der Waals surface area contributed by atoms with Crippen LogP contribution in [0.15, 0.2) is 85.0 Å². The average molecular weight is 374 g/mol. The third-order valence-electron chi connectivity index (χ3n) is 5.44. The minimum Gasteiger partial charge on any atom is -0.251 e. The Hall–Kier alpha value is -3.52. The molecule has 2 aromatic heterocycles. The molecule has 0 saturated heterocycles. The van der Waals surface area contributed by atoms with Crippen molar-refractivity contribution in [1.29, 1.82) is 0 Å². The smallest absolute Gasteiger partial charge is 0.0974 e. The summed E-state index contributed by atoms with van der Waals surface area (Å²) >= 11 is 0. The fourth-order valence-electron chi connectivity index (χ4n) is 4.13. The number of aryl methyl sites for hydroxylation is 2. The highest BCUT2D eigenvalue weighted by Gasteiger charge is 2.14. The highest BCUT2D eigenvalue weighted by Crippen LogP contribution is 2.35. The van der Waals surface area contributed by atoms with Gasteiger partial charge in [-0.1, -0.05) is 72.8 Å². The molecule has 2 nitrogen and oxygen atoms in total. The number of rotatable bonds is 2. The second-order valence-electron chi connectivity index (χ2n) is 7.56. The number of aromatic nitrogens is 2. The molecule has 0 amide bonds. The van der Waals surface area contributed by atoms with Crippen LogP contribution in [0.2, 0.25) is 0 Å². The van der Waals surface area contributed by atoms with E-state index in [-0.39, 0.29) is 0 Å². The van der Waals surface area contributed by atoms with Crippen molar-refractivity contribution in [2.45, 2.75) is 20.3 Å². The van der Waals surface area contributed by atoms with Crippen molar-refractivity contribution >= 4 is 27.4 Å². The summed E-state index contributed by atoms with van der Waals surface area (Å²) in [5, 5.41) is 2.31. The minimum atomic E-state index is 0.917. The zero-order valence-electron chi connectivity index (χ0n) is 16.7. The Labute approximate surface area is 171 Å². The fourth-order valence-corrected chi connectivity index (χ4v) is 4.13. The SMILES string of the molecule is Cc1cc(C2=CC=CC=CC2)c2ccc3c(-c4ccccc4)cc(C)nc3c2n1. The van der Waals surface area contributed by atoms with Gasteiger partial charge in [0.15, 0.2) is 0 Å². The lowest BCUT2D eigenvalue weighted by molar-refractivity contribution is 1.22. The second-order valence-corrected chi connectivity index (χ2v) is 7.56. The van der Waals surface area contributed by atoms with Gasteiger partial charge in [-0.15, -0.1) is 0 Å². The second kappa shape index (κ2) is 7.14. The van der Waals surface area contributed by atoms with Gasteiger partial charge in [0.1, 0.15) is 0 Å². The Morgan fingerprint density at radius 3 is 2.07 bits per heavy atom. The summed E-state index contributed by atoms with van der Waals surface area (Å²) in [6.07, 6.45) is 11.6. The molecule has 0 saturated carbocycles. The predicted molar refractivity (Wildman–Crippen MR) is 123 cm³/mol. The molecule has 4 aromatic rings. The fraction of sp³-hybridized carbons (Fsp3) is 0.111. The van der Waals surface area contributed by atoms with Gasteiger partial charge in [-0.3, -0.25) is 9.97 Å². The van der Waals surface area contributed by atoms with Crippen LogP contribution in [0.1, 0.15) is 23.4 Å². The highest BCUT2D eigenvalue weighted by molar-refractivity contribution is 6.10. The molecule has 0 bridgehead atoms. The van der Waals surface area contributed by atoms with Crippen LogP contribution in [0.5, 0.6) is 0 Å². The van der Waals surface area contributed by atoms with Crippen LogP contribution in [0, 0.1) is 13.8 Å². The Morgan fingerprint density at radius 1 is 0.690 bits per heavy atom. The van der Waals surface area contributed by atoms with Crippen molar-refractivity contribution in [2.24, 2.45) is 0 Å². The molecule has 0 radical (unpaired) electrons. The Balaban J connectivity index is 1.84. The minimum absolute atomic E-state index is 0.917. The maximum absolute atomic E-state index is 4.93. The van der Waals surface area contributed by atoms with Gasteiger partial charge in [0.2, 0.25) is 0 Å². The van der Waals surface area contributed by atoms with E-state index in [1.165, 1.54) is 22.3 Å². The first-order valence-corrected chi connectivity index (χ1v) is 10.0. The van der Waals surface area contributed by atoms with Gasteiger partial charge in [-0.25, -0.2) is 0 Å². The molecule has 0 unspecified atom stereocenters. The first-order chi connectivity index (χ1) is 14.2. The monoisotopic (exact) mass is 374 g/mol. The lowest BCUT2D eigenvalue weighted by Gasteiger charge is -2.14. The molecule has 140 valence electrons. The van der Waals surface area contributed by atoms with Crippen LogP contribution in [0.4, 0.5) is 0 Å². The summed E-state index contributed by atoms with van der Waals surface area (Å²) in [7, 11) is 0. The molecule has 2 heterocycles. The molecule has 1 aliphatic rings. The van der Waals surface area contributed by atoms with Gasteiger partial charge in [0.25, 0.3) is 0 Å². The van der Waals surface area contributed by atoms with Crippen molar-refractivity contribution < 1.29 is 0 Å². The molecule has 0 atom stereocenters.